The Morgan fingerprint density at radius 3 is 2.77 bits per heavy atom. The zero-order chi connectivity index (χ0) is 17.8. The SMILES string of the molecule is O=C(NCc1ccccc1-n1cccn1)c1ccnc(-n2cncn2)c1. The van der Waals surface area contributed by atoms with Gasteiger partial charge in [-0.25, -0.2) is 19.3 Å². The molecular weight excluding hydrogens is 330 g/mol. The minimum absolute atomic E-state index is 0.191. The van der Waals surface area contributed by atoms with E-state index >= 15 is 0 Å². The molecule has 0 radical (unpaired) electrons. The van der Waals surface area contributed by atoms with Crippen LogP contribution in [0.2, 0.25) is 0 Å². The van der Waals surface area contributed by atoms with E-state index in [9.17, 15) is 4.79 Å². The molecule has 0 bridgehead atoms. The molecule has 128 valence electrons. The molecule has 4 rings (SSSR count). The first kappa shape index (κ1) is 15.7. The Kier molecular flexibility index (Phi) is 4.21. The summed E-state index contributed by atoms with van der Waals surface area (Å²) in [6.45, 7) is 0.385. The summed E-state index contributed by atoms with van der Waals surface area (Å²) < 4.78 is 3.28. The molecule has 1 N–H and O–H groups in total. The molecule has 26 heavy (non-hydrogen) atoms. The van der Waals surface area contributed by atoms with Crippen molar-refractivity contribution >= 4 is 5.91 Å². The number of benzene rings is 1. The van der Waals surface area contributed by atoms with Crippen molar-refractivity contribution in [2.45, 2.75) is 6.54 Å². The molecule has 0 aliphatic heterocycles. The van der Waals surface area contributed by atoms with Crippen molar-refractivity contribution in [3.05, 3.63) is 84.8 Å². The van der Waals surface area contributed by atoms with E-state index in [1.54, 1.807) is 29.2 Å². The average Bonchev–Trinajstić information content (AvgIpc) is 3.40. The Morgan fingerprint density at radius 2 is 1.96 bits per heavy atom. The highest BCUT2D eigenvalue weighted by Gasteiger charge is 2.10. The van der Waals surface area contributed by atoms with Crippen molar-refractivity contribution in [1.29, 1.82) is 0 Å². The second kappa shape index (κ2) is 6.98. The van der Waals surface area contributed by atoms with Gasteiger partial charge < -0.3 is 5.32 Å². The quantitative estimate of drug-likeness (QED) is 0.595. The molecule has 0 aliphatic carbocycles. The van der Waals surface area contributed by atoms with Crippen LogP contribution in [0.1, 0.15) is 15.9 Å². The molecule has 3 aromatic heterocycles. The third-order valence-electron chi connectivity index (χ3n) is 3.84. The molecule has 8 nitrogen and oxygen atoms in total. The first-order chi connectivity index (χ1) is 12.8. The van der Waals surface area contributed by atoms with Gasteiger partial charge in [0.1, 0.15) is 12.7 Å². The number of rotatable bonds is 5. The second-order valence-electron chi connectivity index (χ2n) is 5.50. The summed E-state index contributed by atoms with van der Waals surface area (Å²) in [7, 11) is 0. The van der Waals surface area contributed by atoms with Gasteiger partial charge in [0.05, 0.1) is 5.69 Å². The van der Waals surface area contributed by atoms with Crippen LogP contribution < -0.4 is 5.32 Å². The largest absolute Gasteiger partial charge is 0.348 e. The molecule has 8 heteroatoms. The molecular formula is C18H15N7O. The number of amides is 1. The fourth-order valence-electron chi connectivity index (χ4n) is 2.58. The standard InChI is InChI=1S/C18H15N7O/c26-18(14-6-8-20-17(10-14)25-13-19-12-23-25)21-11-15-4-1-2-5-16(15)24-9-3-7-22-24/h1-10,12-13H,11H2,(H,21,26). The number of nitrogens with one attached hydrogen (secondary N) is 1. The van der Waals surface area contributed by atoms with Crippen LogP contribution in [0.5, 0.6) is 0 Å². The lowest BCUT2D eigenvalue weighted by atomic mass is 10.1. The van der Waals surface area contributed by atoms with Crippen LogP contribution in [0.4, 0.5) is 0 Å². The fraction of sp³-hybridized carbons (Fsp3) is 0.0556. The summed E-state index contributed by atoms with van der Waals surface area (Å²) >= 11 is 0. The topological polar surface area (TPSA) is 90.5 Å². The number of hydrogen-bond acceptors (Lipinski definition) is 5. The summed E-state index contributed by atoms with van der Waals surface area (Å²) in [5.41, 5.74) is 2.40. The summed E-state index contributed by atoms with van der Waals surface area (Å²) in [4.78, 5) is 20.6. The van der Waals surface area contributed by atoms with Crippen molar-refractivity contribution < 1.29 is 4.79 Å². The Morgan fingerprint density at radius 1 is 1.04 bits per heavy atom. The van der Waals surface area contributed by atoms with Gasteiger partial charge in [-0.15, -0.1) is 0 Å². The molecule has 1 amide bonds. The third-order valence-corrected chi connectivity index (χ3v) is 3.84. The summed E-state index contributed by atoms with van der Waals surface area (Å²) in [6.07, 6.45) is 8.11. The predicted molar refractivity (Wildman–Crippen MR) is 93.9 cm³/mol. The molecule has 0 unspecified atom stereocenters. The van der Waals surface area contributed by atoms with Crippen molar-refractivity contribution in [2.75, 3.05) is 0 Å². The predicted octanol–water partition coefficient (Wildman–Crippen LogP) is 1.78. The Hall–Kier alpha value is -3.81. The molecule has 1 aromatic carbocycles. The van der Waals surface area contributed by atoms with Gasteiger partial charge in [-0.3, -0.25) is 4.79 Å². The molecule has 0 aliphatic rings. The Labute approximate surface area is 149 Å². The number of carbonyl (C=O) groups excluding carboxylic acids is 1. The minimum atomic E-state index is -0.191. The highest BCUT2D eigenvalue weighted by Crippen LogP contribution is 2.13. The molecule has 0 saturated heterocycles. The van der Waals surface area contributed by atoms with Gasteiger partial charge in [-0.1, -0.05) is 18.2 Å². The zero-order valence-electron chi connectivity index (χ0n) is 13.7. The summed E-state index contributed by atoms with van der Waals surface area (Å²) in [6, 6.07) is 13.0. The maximum Gasteiger partial charge on any atom is 0.251 e. The van der Waals surface area contributed by atoms with Gasteiger partial charge in [0.25, 0.3) is 5.91 Å². The Balaban J connectivity index is 1.51. The fourth-order valence-corrected chi connectivity index (χ4v) is 2.58. The van der Waals surface area contributed by atoms with Gasteiger partial charge >= 0.3 is 0 Å². The molecule has 3 heterocycles. The second-order valence-corrected chi connectivity index (χ2v) is 5.50. The van der Waals surface area contributed by atoms with E-state index in [4.69, 9.17) is 0 Å². The van der Waals surface area contributed by atoms with Gasteiger partial charge in [-0.05, 0) is 29.8 Å². The van der Waals surface area contributed by atoms with Gasteiger partial charge in [0.15, 0.2) is 5.82 Å². The van der Waals surface area contributed by atoms with Gasteiger partial charge in [0.2, 0.25) is 0 Å². The van der Waals surface area contributed by atoms with E-state index in [1.165, 1.54) is 17.3 Å². The molecule has 0 fully saturated rings. The van der Waals surface area contributed by atoms with E-state index in [0.29, 0.717) is 17.9 Å². The average molecular weight is 345 g/mol. The van der Waals surface area contributed by atoms with Crippen molar-refractivity contribution in [3.8, 4) is 11.5 Å². The van der Waals surface area contributed by atoms with Crippen LogP contribution in [0, 0.1) is 0 Å². The van der Waals surface area contributed by atoms with Crippen molar-refractivity contribution in [1.82, 2.24) is 34.8 Å². The maximum atomic E-state index is 12.5. The first-order valence-electron chi connectivity index (χ1n) is 7.98. The highest BCUT2D eigenvalue weighted by molar-refractivity contribution is 5.94. The molecule has 0 atom stereocenters. The minimum Gasteiger partial charge on any atom is -0.348 e. The van der Waals surface area contributed by atoms with Crippen molar-refractivity contribution in [3.63, 3.8) is 0 Å². The number of nitrogens with zero attached hydrogens (tertiary/aromatic N) is 6. The normalized spacial score (nSPS) is 10.6. The first-order valence-corrected chi connectivity index (χ1v) is 7.98. The number of para-hydroxylation sites is 1. The molecule has 4 aromatic rings. The summed E-state index contributed by atoms with van der Waals surface area (Å²) in [5.74, 6) is 0.344. The lowest BCUT2D eigenvalue weighted by molar-refractivity contribution is 0.0950. The third kappa shape index (κ3) is 3.20. The lowest BCUT2D eigenvalue weighted by Gasteiger charge is -2.11. The lowest BCUT2D eigenvalue weighted by Crippen LogP contribution is -2.24. The van der Waals surface area contributed by atoms with E-state index < -0.39 is 0 Å². The van der Waals surface area contributed by atoms with E-state index in [-0.39, 0.29) is 5.91 Å². The van der Waals surface area contributed by atoms with E-state index in [2.05, 4.69) is 25.5 Å². The number of carbonyl (C=O) groups is 1. The maximum absolute atomic E-state index is 12.5. The van der Waals surface area contributed by atoms with Crippen molar-refractivity contribution in [2.24, 2.45) is 0 Å². The number of aromatic nitrogens is 6. The number of hydrogen-bond donors (Lipinski definition) is 1. The van der Waals surface area contributed by atoms with Crippen LogP contribution >= 0.6 is 0 Å². The Bertz CT molecular complexity index is 1010. The van der Waals surface area contributed by atoms with Gasteiger partial charge in [0, 0.05) is 30.7 Å². The number of pyridine rings is 1. The highest BCUT2D eigenvalue weighted by atomic mass is 16.1. The molecule has 0 spiro atoms. The van der Waals surface area contributed by atoms with Gasteiger partial charge in [-0.2, -0.15) is 10.2 Å². The van der Waals surface area contributed by atoms with E-state index in [1.807, 2.05) is 36.5 Å². The van der Waals surface area contributed by atoms with Crippen LogP contribution in [0.3, 0.4) is 0 Å². The monoisotopic (exact) mass is 345 g/mol. The smallest absolute Gasteiger partial charge is 0.251 e. The molecule has 0 saturated carbocycles. The van der Waals surface area contributed by atoms with Crippen LogP contribution in [-0.2, 0) is 6.54 Å². The van der Waals surface area contributed by atoms with Crippen LogP contribution in [0.15, 0.2) is 73.7 Å². The summed E-state index contributed by atoms with van der Waals surface area (Å²) in [5, 5.41) is 11.2. The van der Waals surface area contributed by atoms with E-state index in [0.717, 1.165) is 11.3 Å². The van der Waals surface area contributed by atoms with Crippen LogP contribution in [0.25, 0.3) is 11.5 Å². The van der Waals surface area contributed by atoms with Crippen LogP contribution in [-0.4, -0.2) is 35.4 Å². The zero-order valence-corrected chi connectivity index (χ0v) is 13.7.